The molecule has 16 heteroatoms. The monoisotopic (exact) mass is 560 g/mol. The molecule has 2 aromatic rings. The fourth-order valence-corrected chi connectivity index (χ4v) is 5.57. The van der Waals surface area contributed by atoms with Crippen molar-refractivity contribution in [3.63, 3.8) is 0 Å². The number of carboxylic acid groups (broad SMARTS) is 1. The predicted molar refractivity (Wildman–Crippen MR) is 111 cm³/mol. The number of nitrogens with two attached hydrogens (primary N) is 1. The van der Waals surface area contributed by atoms with E-state index < -0.39 is 87.8 Å². The van der Waals surface area contributed by atoms with Crippen LogP contribution in [0.2, 0.25) is 0 Å². The molecule has 3 rings (SSSR count). The molecule has 3 N–H and O–H groups in total. The normalized spacial score (nSPS) is 21.6. The van der Waals surface area contributed by atoms with Gasteiger partial charge in [0.2, 0.25) is 10.0 Å². The number of alkyl halides is 6. The Labute approximate surface area is 205 Å². The summed E-state index contributed by atoms with van der Waals surface area (Å²) in [7, 11) is -4.84. The number of piperidine rings is 1. The molecule has 0 spiro atoms. The molecule has 37 heavy (non-hydrogen) atoms. The third-order valence-corrected chi connectivity index (χ3v) is 7.52. The van der Waals surface area contributed by atoms with E-state index in [0.717, 1.165) is 24.3 Å². The van der Waals surface area contributed by atoms with Gasteiger partial charge in [0.25, 0.3) is 0 Å². The van der Waals surface area contributed by atoms with Crippen molar-refractivity contribution in [3.8, 4) is 5.75 Å². The first kappa shape index (κ1) is 28.6. The summed E-state index contributed by atoms with van der Waals surface area (Å²) in [6.45, 7) is -1.52. The van der Waals surface area contributed by atoms with Gasteiger partial charge in [-0.2, -0.15) is 30.6 Å². The highest BCUT2D eigenvalue weighted by Crippen LogP contribution is 2.40. The number of halogens is 7. The Morgan fingerprint density at radius 1 is 1.08 bits per heavy atom. The van der Waals surface area contributed by atoms with Gasteiger partial charge in [0, 0.05) is 12.1 Å². The summed E-state index contributed by atoms with van der Waals surface area (Å²) in [6.07, 6.45) is -12.2. The topological polar surface area (TPSA) is 119 Å². The van der Waals surface area contributed by atoms with Crippen molar-refractivity contribution in [3.05, 3.63) is 59.4 Å². The van der Waals surface area contributed by atoms with Crippen LogP contribution in [-0.2, 0) is 32.4 Å². The van der Waals surface area contributed by atoms with Crippen LogP contribution >= 0.6 is 0 Å². The van der Waals surface area contributed by atoms with Gasteiger partial charge in [-0.3, -0.25) is 9.63 Å². The van der Waals surface area contributed by atoms with E-state index >= 15 is 0 Å². The van der Waals surface area contributed by atoms with Crippen molar-refractivity contribution >= 4 is 16.0 Å². The van der Waals surface area contributed by atoms with Crippen molar-refractivity contribution < 1.29 is 58.6 Å². The van der Waals surface area contributed by atoms with Crippen LogP contribution in [0.25, 0.3) is 0 Å². The Bertz CT molecular complexity index is 1240. The van der Waals surface area contributed by atoms with E-state index in [2.05, 4.69) is 4.84 Å². The van der Waals surface area contributed by atoms with Crippen molar-refractivity contribution in [2.75, 3.05) is 6.54 Å². The van der Waals surface area contributed by atoms with Gasteiger partial charge in [-0.1, -0.05) is 0 Å². The molecule has 204 valence electrons. The second-order valence-electron chi connectivity index (χ2n) is 8.06. The summed E-state index contributed by atoms with van der Waals surface area (Å²) < 4.78 is 125. The molecule has 3 unspecified atom stereocenters. The zero-order valence-corrected chi connectivity index (χ0v) is 19.3. The number of sulfonamides is 1. The lowest BCUT2D eigenvalue weighted by molar-refractivity contribution is -0.213. The maximum absolute atomic E-state index is 13.5. The molecule has 1 fully saturated rings. The lowest BCUT2D eigenvalue weighted by Gasteiger charge is -2.41. The van der Waals surface area contributed by atoms with Crippen LogP contribution in [0.4, 0.5) is 30.7 Å². The number of aliphatic carboxylic acids is 1. The maximum atomic E-state index is 13.5. The van der Waals surface area contributed by atoms with Crippen molar-refractivity contribution in [2.45, 2.75) is 42.4 Å². The van der Waals surface area contributed by atoms with Gasteiger partial charge >= 0.3 is 18.3 Å². The minimum absolute atomic E-state index is 0.132. The molecule has 0 bridgehead atoms. The number of benzene rings is 2. The van der Waals surface area contributed by atoms with Gasteiger partial charge in [-0.25, -0.2) is 18.7 Å². The predicted octanol–water partition coefficient (Wildman–Crippen LogP) is 3.71. The first-order valence-electron chi connectivity index (χ1n) is 10.3. The van der Waals surface area contributed by atoms with Crippen LogP contribution in [0.5, 0.6) is 5.75 Å². The summed E-state index contributed by atoms with van der Waals surface area (Å²) in [6, 6.07) is 3.02. The average molecular weight is 560 g/mol. The summed E-state index contributed by atoms with van der Waals surface area (Å²) in [5.41, 5.74) is -1.68. The Hall–Kier alpha value is -2.95. The van der Waals surface area contributed by atoms with E-state index in [9.17, 15) is 49.1 Å². The Morgan fingerprint density at radius 2 is 1.70 bits per heavy atom. The van der Waals surface area contributed by atoms with Crippen molar-refractivity contribution in [1.82, 2.24) is 4.31 Å². The minimum Gasteiger partial charge on any atom is -0.489 e. The molecule has 2 aromatic carbocycles. The summed E-state index contributed by atoms with van der Waals surface area (Å²) in [5, 5.41) is 9.43. The summed E-state index contributed by atoms with van der Waals surface area (Å²) in [5.74, 6) is -0.764. The lowest BCUT2D eigenvalue weighted by Crippen LogP contribution is -2.60. The molecule has 0 radical (unpaired) electrons. The van der Waals surface area contributed by atoms with Gasteiger partial charge in [-0.05, 0) is 48.9 Å². The molecule has 1 aliphatic heterocycles. The fraction of sp³-hybridized carbons (Fsp3) is 0.381. The smallest absolute Gasteiger partial charge is 0.416 e. The number of nitrogens with zero attached hydrogens (tertiary/aromatic N) is 1. The van der Waals surface area contributed by atoms with Crippen LogP contribution in [0.15, 0.2) is 47.4 Å². The molecule has 1 heterocycles. The molecule has 8 nitrogen and oxygen atoms in total. The average Bonchev–Trinajstić information content (AvgIpc) is 2.80. The van der Waals surface area contributed by atoms with E-state index in [0.29, 0.717) is 18.2 Å². The Morgan fingerprint density at radius 3 is 2.22 bits per heavy atom. The largest absolute Gasteiger partial charge is 0.489 e. The Balaban J connectivity index is 1.87. The van der Waals surface area contributed by atoms with E-state index in [4.69, 9.17) is 10.6 Å². The second kappa shape index (κ2) is 10.4. The van der Waals surface area contributed by atoms with Gasteiger partial charge in [0.05, 0.1) is 22.5 Å². The van der Waals surface area contributed by atoms with E-state index in [-0.39, 0.29) is 10.1 Å². The van der Waals surface area contributed by atoms with E-state index in [1.54, 1.807) is 0 Å². The Kier molecular flexibility index (Phi) is 8.07. The number of carboxylic acids is 1. The number of hydrogen-bond donors (Lipinski definition) is 2. The fourth-order valence-electron chi connectivity index (χ4n) is 3.92. The highest BCUT2D eigenvalue weighted by atomic mass is 32.2. The van der Waals surface area contributed by atoms with Crippen molar-refractivity contribution in [2.24, 2.45) is 11.8 Å². The third kappa shape index (κ3) is 6.31. The molecular weight excluding hydrogens is 541 g/mol. The van der Waals surface area contributed by atoms with Crippen LogP contribution in [0.1, 0.15) is 17.5 Å². The SMILES string of the molecule is NOC1CC(C(F)(F)F)C(C(=O)O)N(S(=O)(=O)c2ccc(OCc3cc(F)ccc3C(F)(F)F)cc2)C1. The van der Waals surface area contributed by atoms with Crippen LogP contribution in [-0.4, -0.2) is 48.7 Å². The van der Waals surface area contributed by atoms with Crippen molar-refractivity contribution in [1.29, 1.82) is 0 Å². The number of carbonyl (C=O) groups is 1. The molecule has 3 atom stereocenters. The molecule has 0 amide bonds. The van der Waals surface area contributed by atoms with E-state index in [1.807, 2.05) is 0 Å². The van der Waals surface area contributed by atoms with Gasteiger partial charge < -0.3 is 9.84 Å². The lowest BCUT2D eigenvalue weighted by atomic mass is 9.88. The van der Waals surface area contributed by atoms with Crippen LogP contribution < -0.4 is 10.6 Å². The first-order valence-corrected chi connectivity index (χ1v) is 11.7. The van der Waals surface area contributed by atoms with Gasteiger partial charge in [0.15, 0.2) is 0 Å². The molecule has 0 saturated carbocycles. The summed E-state index contributed by atoms with van der Waals surface area (Å²) in [4.78, 5) is 15.5. The van der Waals surface area contributed by atoms with E-state index in [1.165, 1.54) is 0 Å². The number of ether oxygens (including phenoxy) is 1. The van der Waals surface area contributed by atoms with Gasteiger partial charge in [0.1, 0.15) is 24.2 Å². The number of hydrogen-bond acceptors (Lipinski definition) is 6. The zero-order valence-electron chi connectivity index (χ0n) is 18.5. The standard InChI is InChI=1S/C21H19F7N2O6S/c22-12-1-6-16(20(23,24)25)11(7-12)10-35-13-2-4-15(5-3-13)37(33,34)30-9-14(36-29)8-17(21(26,27)28)18(30)19(31)32/h1-7,14,17-18H,8-10,29H2,(H,31,32). The summed E-state index contributed by atoms with van der Waals surface area (Å²) >= 11 is 0. The third-order valence-electron chi connectivity index (χ3n) is 5.66. The van der Waals surface area contributed by atoms with Crippen LogP contribution in [0.3, 0.4) is 0 Å². The van der Waals surface area contributed by atoms with Gasteiger partial charge in [-0.15, -0.1) is 0 Å². The number of rotatable bonds is 7. The second-order valence-corrected chi connectivity index (χ2v) is 9.95. The van der Waals surface area contributed by atoms with Crippen LogP contribution in [0, 0.1) is 11.7 Å². The highest BCUT2D eigenvalue weighted by molar-refractivity contribution is 7.89. The highest BCUT2D eigenvalue weighted by Gasteiger charge is 2.56. The molecule has 0 aromatic heterocycles. The first-order chi connectivity index (χ1) is 17.1. The molecule has 0 aliphatic carbocycles. The quantitative estimate of drug-likeness (QED) is 0.392. The minimum atomic E-state index is -5.09. The molecular formula is C21H19F7N2O6S. The molecule has 1 saturated heterocycles. The molecule has 1 aliphatic rings. The zero-order chi connectivity index (χ0) is 27.8. The maximum Gasteiger partial charge on any atom is 0.416 e.